The number of aromatic nitrogens is 2. The second-order valence-corrected chi connectivity index (χ2v) is 9.58. The number of nitrogens with one attached hydrogen (secondary N) is 4. The molecule has 2 aromatic carbocycles. The van der Waals surface area contributed by atoms with Crippen molar-refractivity contribution in [2.45, 2.75) is 44.8 Å². The fourth-order valence-electron chi connectivity index (χ4n) is 4.99. The number of para-hydroxylation sites is 1. The number of hydrogen-bond donors (Lipinski definition) is 5. The maximum atomic E-state index is 10.5. The topological polar surface area (TPSA) is 85.0 Å². The standard InChI is InChI=1S/C28H33N5O/c1-28(2,34)23-6-4-5-21-18(17-32-26(21)23)13-15-30-19-7-9-20(10-8-19)33-24-14-16-31-27-22(24)11-12-25(27)29-3/h4-10,14,16-17,25,29-30,32,34H,11-13,15H2,1-3H3,(H,31,33). The molecule has 0 aliphatic heterocycles. The summed E-state index contributed by atoms with van der Waals surface area (Å²) in [6.45, 7) is 4.47. The van der Waals surface area contributed by atoms with Gasteiger partial charge in [0.1, 0.15) is 0 Å². The molecule has 34 heavy (non-hydrogen) atoms. The van der Waals surface area contributed by atoms with Gasteiger partial charge in [0, 0.05) is 53.0 Å². The van der Waals surface area contributed by atoms with E-state index < -0.39 is 5.60 Å². The van der Waals surface area contributed by atoms with Gasteiger partial charge in [0.2, 0.25) is 0 Å². The third-order valence-corrected chi connectivity index (χ3v) is 6.80. The lowest BCUT2D eigenvalue weighted by Crippen LogP contribution is -2.15. The van der Waals surface area contributed by atoms with E-state index in [9.17, 15) is 5.11 Å². The summed E-state index contributed by atoms with van der Waals surface area (Å²) >= 11 is 0. The number of nitrogens with zero attached hydrogens (tertiary/aromatic N) is 1. The number of hydrogen-bond acceptors (Lipinski definition) is 5. The van der Waals surface area contributed by atoms with Crippen LogP contribution in [-0.2, 0) is 18.4 Å². The van der Waals surface area contributed by atoms with Gasteiger partial charge in [-0.25, -0.2) is 0 Å². The van der Waals surface area contributed by atoms with Crippen LogP contribution >= 0.6 is 0 Å². The summed E-state index contributed by atoms with van der Waals surface area (Å²) in [4.78, 5) is 7.95. The molecule has 0 saturated heterocycles. The number of aliphatic hydroxyl groups is 1. The highest BCUT2D eigenvalue weighted by atomic mass is 16.3. The summed E-state index contributed by atoms with van der Waals surface area (Å²) in [5.41, 5.74) is 8.11. The van der Waals surface area contributed by atoms with Crippen molar-refractivity contribution in [3.8, 4) is 0 Å². The second-order valence-electron chi connectivity index (χ2n) is 9.58. The molecule has 0 spiro atoms. The molecular formula is C28H33N5O. The van der Waals surface area contributed by atoms with Gasteiger partial charge in [-0.3, -0.25) is 4.98 Å². The maximum absolute atomic E-state index is 10.5. The van der Waals surface area contributed by atoms with Crippen LogP contribution in [-0.4, -0.2) is 28.7 Å². The zero-order chi connectivity index (χ0) is 23.7. The zero-order valence-electron chi connectivity index (χ0n) is 20.1. The van der Waals surface area contributed by atoms with Gasteiger partial charge in [0.25, 0.3) is 0 Å². The Morgan fingerprint density at radius 3 is 2.65 bits per heavy atom. The number of anilines is 3. The first-order chi connectivity index (χ1) is 16.4. The number of rotatable bonds is 8. The van der Waals surface area contributed by atoms with E-state index in [0.717, 1.165) is 59.6 Å². The highest BCUT2D eigenvalue weighted by Crippen LogP contribution is 2.35. The first-order valence-corrected chi connectivity index (χ1v) is 12.0. The smallest absolute Gasteiger partial charge is 0.0860 e. The Hall–Kier alpha value is -3.35. The molecule has 0 fully saturated rings. The lowest BCUT2D eigenvalue weighted by molar-refractivity contribution is 0.0800. The molecule has 2 aromatic heterocycles. The van der Waals surface area contributed by atoms with E-state index in [2.05, 4.69) is 68.5 Å². The van der Waals surface area contributed by atoms with Crippen molar-refractivity contribution >= 4 is 28.0 Å². The summed E-state index contributed by atoms with van der Waals surface area (Å²) in [6, 6.07) is 17.0. The molecule has 1 aliphatic rings. The molecule has 5 rings (SSSR count). The van der Waals surface area contributed by atoms with Gasteiger partial charge in [-0.2, -0.15) is 0 Å². The largest absolute Gasteiger partial charge is 0.386 e. The fourth-order valence-corrected chi connectivity index (χ4v) is 4.99. The summed E-state index contributed by atoms with van der Waals surface area (Å²) < 4.78 is 0. The molecule has 0 bridgehead atoms. The van der Waals surface area contributed by atoms with Gasteiger partial charge in [-0.05, 0) is 81.6 Å². The third kappa shape index (κ3) is 4.39. The highest BCUT2D eigenvalue weighted by Gasteiger charge is 2.24. The van der Waals surface area contributed by atoms with Crippen molar-refractivity contribution in [3.05, 3.63) is 83.3 Å². The zero-order valence-corrected chi connectivity index (χ0v) is 20.1. The van der Waals surface area contributed by atoms with E-state index in [0.29, 0.717) is 6.04 Å². The molecule has 2 heterocycles. The Kier molecular flexibility index (Phi) is 6.02. The number of pyridine rings is 1. The van der Waals surface area contributed by atoms with Gasteiger partial charge in [0.05, 0.1) is 16.8 Å². The SMILES string of the molecule is CNC1CCc2c(Nc3ccc(NCCc4c[nH]c5c(C(C)(C)O)cccc45)cc3)ccnc21. The molecule has 1 unspecified atom stereocenters. The normalized spacial score (nSPS) is 15.5. The Labute approximate surface area is 200 Å². The number of aromatic amines is 1. The van der Waals surface area contributed by atoms with Gasteiger partial charge in [-0.15, -0.1) is 0 Å². The van der Waals surface area contributed by atoms with E-state index in [1.54, 1.807) is 0 Å². The van der Waals surface area contributed by atoms with Crippen LogP contribution in [0.1, 0.15) is 48.7 Å². The molecule has 1 atom stereocenters. The van der Waals surface area contributed by atoms with Crippen LogP contribution in [0.4, 0.5) is 17.1 Å². The molecule has 5 N–H and O–H groups in total. The van der Waals surface area contributed by atoms with Crippen LogP contribution in [0.2, 0.25) is 0 Å². The van der Waals surface area contributed by atoms with Crippen molar-refractivity contribution in [2.75, 3.05) is 24.2 Å². The molecule has 6 nitrogen and oxygen atoms in total. The van der Waals surface area contributed by atoms with Crippen LogP contribution in [0.15, 0.2) is 60.9 Å². The number of H-pyrrole nitrogens is 1. The summed E-state index contributed by atoms with van der Waals surface area (Å²) in [7, 11) is 2.00. The minimum atomic E-state index is -0.874. The van der Waals surface area contributed by atoms with Gasteiger partial charge in [0.15, 0.2) is 0 Å². The van der Waals surface area contributed by atoms with Crippen molar-refractivity contribution in [1.29, 1.82) is 0 Å². The van der Waals surface area contributed by atoms with E-state index >= 15 is 0 Å². The van der Waals surface area contributed by atoms with Gasteiger partial charge < -0.3 is 26.0 Å². The van der Waals surface area contributed by atoms with Gasteiger partial charge >= 0.3 is 0 Å². The molecule has 0 amide bonds. The van der Waals surface area contributed by atoms with Crippen molar-refractivity contribution in [1.82, 2.24) is 15.3 Å². The first kappa shape index (κ1) is 22.4. The monoisotopic (exact) mass is 455 g/mol. The molecule has 6 heteroatoms. The fraction of sp³-hybridized carbons (Fsp3) is 0.321. The Bertz CT molecular complexity index is 1290. The highest BCUT2D eigenvalue weighted by molar-refractivity contribution is 5.86. The maximum Gasteiger partial charge on any atom is 0.0860 e. The molecular weight excluding hydrogens is 422 g/mol. The van der Waals surface area contributed by atoms with Crippen LogP contribution in [0.3, 0.4) is 0 Å². The lowest BCUT2D eigenvalue weighted by atomic mass is 9.95. The molecule has 1 aliphatic carbocycles. The predicted molar refractivity (Wildman–Crippen MR) is 140 cm³/mol. The number of fused-ring (bicyclic) bond motifs is 2. The number of benzene rings is 2. The summed E-state index contributed by atoms with van der Waals surface area (Å²) in [5, 5.41) is 22.1. The first-order valence-electron chi connectivity index (χ1n) is 12.0. The third-order valence-electron chi connectivity index (χ3n) is 6.80. The lowest BCUT2D eigenvalue weighted by Gasteiger charge is -2.18. The minimum absolute atomic E-state index is 0.349. The minimum Gasteiger partial charge on any atom is -0.386 e. The average Bonchev–Trinajstić information content (AvgIpc) is 3.44. The molecule has 4 aromatic rings. The molecule has 0 radical (unpaired) electrons. The van der Waals surface area contributed by atoms with Crippen LogP contribution < -0.4 is 16.0 Å². The van der Waals surface area contributed by atoms with Crippen molar-refractivity contribution in [3.63, 3.8) is 0 Å². The second kappa shape index (κ2) is 9.12. The van der Waals surface area contributed by atoms with E-state index in [1.807, 2.05) is 39.2 Å². The predicted octanol–water partition coefficient (Wildman–Crippen LogP) is 5.40. The van der Waals surface area contributed by atoms with Crippen LogP contribution in [0.25, 0.3) is 10.9 Å². The molecule has 0 saturated carbocycles. The van der Waals surface area contributed by atoms with E-state index in [-0.39, 0.29) is 0 Å². The van der Waals surface area contributed by atoms with Crippen LogP contribution in [0, 0.1) is 0 Å². The Morgan fingerprint density at radius 2 is 1.88 bits per heavy atom. The van der Waals surface area contributed by atoms with E-state index in [1.165, 1.54) is 16.5 Å². The average molecular weight is 456 g/mol. The summed E-state index contributed by atoms with van der Waals surface area (Å²) in [6.07, 6.45) is 6.98. The van der Waals surface area contributed by atoms with Gasteiger partial charge in [-0.1, -0.05) is 18.2 Å². The van der Waals surface area contributed by atoms with Crippen molar-refractivity contribution < 1.29 is 5.11 Å². The van der Waals surface area contributed by atoms with E-state index in [4.69, 9.17) is 0 Å². The quantitative estimate of drug-likeness (QED) is 0.246. The Morgan fingerprint density at radius 1 is 1.09 bits per heavy atom. The van der Waals surface area contributed by atoms with Crippen LogP contribution in [0.5, 0.6) is 0 Å². The summed E-state index contributed by atoms with van der Waals surface area (Å²) in [5.74, 6) is 0. The molecule has 176 valence electrons. The Balaban J connectivity index is 1.22. The van der Waals surface area contributed by atoms with Crippen molar-refractivity contribution in [2.24, 2.45) is 0 Å².